The van der Waals surface area contributed by atoms with E-state index >= 15 is 0 Å². The van der Waals surface area contributed by atoms with Crippen LogP contribution in [-0.4, -0.2) is 48.6 Å². The fourth-order valence-corrected chi connectivity index (χ4v) is 5.05. The molecule has 1 amide bonds. The fourth-order valence-electron chi connectivity index (χ4n) is 4.24. The third-order valence-electron chi connectivity index (χ3n) is 5.95. The van der Waals surface area contributed by atoms with Crippen molar-refractivity contribution >= 4 is 43.9 Å². The van der Waals surface area contributed by atoms with Crippen LogP contribution in [0.3, 0.4) is 0 Å². The zero-order valence-electron chi connectivity index (χ0n) is 17.8. The van der Waals surface area contributed by atoms with E-state index in [1.165, 1.54) is 21.8 Å². The molecule has 2 aromatic heterocycles. The van der Waals surface area contributed by atoms with Gasteiger partial charge in [0.2, 0.25) is 11.5 Å². The lowest BCUT2D eigenvalue weighted by Crippen LogP contribution is -2.48. The molecule has 32 heavy (non-hydrogen) atoms. The molecule has 1 aliphatic heterocycles. The predicted molar refractivity (Wildman–Crippen MR) is 130 cm³/mol. The Morgan fingerprint density at radius 2 is 1.88 bits per heavy atom. The van der Waals surface area contributed by atoms with Crippen LogP contribution in [0.1, 0.15) is 12.8 Å². The summed E-state index contributed by atoms with van der Waals surface area (Å²) >= 11 is 1.76. The van der Waals surface area contributed by atoms with Crippen LogP contribution in [0.15, 0.2) is 64.8 Å². The number of piperazine rings is 1. The summed E-state index contributed by atoms with van der Waals surface area (Å²) in [6, 6.07) is 17.5. The third kappa shape index (κ3) is 4.34. The van der Waals surface area contributed by atoms with Gasteiger partial charge < -0.3 is 19.5 Å². The van der Waals surface area contributed by atoms with Crippen molar-refractivity contribution in [3.8, 4) is 5.75 Å². The molecule has 1 saturated heterocycles. The molecule has 0 unspecified atom stereocenters. The van der Waals surface area contributed by atoms with Crippen molar-refractivity contribution in [3.05, 3.63) is 70.3 Å². The monoisotopic (exact) mass is 447 g/mol. The minimum atomic E-state index is -0.132. The number of hydrogen-bond acceptors (Lipinski definition) is 5. The van der Waals surface area contributed by atoms with Crippen LogP contribution >= 0.6 is 11.3 Å². The van der Waals surface area contributed by atoms with E-state index in [-0.39, 0.29) is 11.5 Å². The van der Waals surface area contributed by atoms with E-state index in [4.69, 9.17) is 4.74 Å². The first-order chi connectivity index (χ1) is 15.7. The van der Waals surface area contributed by atoms with Crippen molar-refractivity contribution in [3.63, 3.8) is 0 Å². The maximum atomic E-state index is 12.6. The molecule has 1 aliphatic rings. The molecule has 0 spiro atoms. The number of aromatic amines is 1. The minimum Gasteiger partial charge on any atom is -0.494 e. The second-order valence-electron chi connectivity index (χ2n) is 8.00. The number of nitrogens with zero attached hydrogens (tertiary/aromatic N) is 2. The van der Waals surface area contributed by atoms with E-state index in [1.807, 2.05) is 23.1 Å². The van der Waals surface area contributed by atoms with Gasteiger partial charge in [-0.1, -0.05) is 6.07 Å². The maximum Gasteiger partial charge on any atom is 0.248 e. The highest BCUT2D eigenvalue weighted by Gasteiger charge is 2.22. The molecule has 4 aromatic rings. The number of thiophene rings is 1. The lowest BCUT2D eigenvalue weighted by molar-refractivity contribution is -0.131. The number of nitrogens with one attached hydrogen (secondary N) is 1. The van der Waals surface area contributed by atoms with Gasteiger partial charge in [0.15, 0.2) is 0 Å². The summed E-state index contributed by atoms with van der Waals surface area (Å²) in [4.78, 5) is 31.3. The number of anilines is 1. The number of rotatable bonds is 6. The quantitative estimate of drug-likeness (QED) is 0.449. The van der Waals surface area contributed by atoms with Gasteiger partial charge in [-0.05, 0) is 53.6 Å². The number of ether oxygens (including phenoxy) is 1. The van der Waals surface area contributed by atoms with Crippen molar-refractivity contribution in [2.45, 2.75) is 12.8 Å². The van der Waals surface area contributed by atoms with E-state index in [0.717, 1.165) is 37.1 Å². The molecule has 0 radical (unpaired) electrons. The number of carbonyl (C=O) groups excluding carboxylic acids is 1. The van der Waals surface area contributed by atoms with Crippen LogP contribution in [0.25, 0.3) is 21.0 Å². The average molecular weight is 448 g/mol. The van der Waals surface area contributed by atoms with E-state index in [9.17, 15) is 9.59 Å². The lowest BCUT2D eigenvalue weighted by Gasteiger charge is -2.36. The van der Waals surface area contributed by atoms with Gasteiger partial charge in [-0.3, -0.25) is 9.59 Å². The first kappa shape index (κ1) is 20.6. The number of benzene rings is 2. The highest BCUT2D eigenvalue weighted by molar-refractivity contribution is 7.17. The minimum absolute atomic E-state index is 0.132. The van der Waals surface area contributed by atoms with Gasteiger partial charge in [0, 0.05) is 60.5 Å². The molecule has 0 atom stereocenters. The summed E-state index contributed by atoms with van der Waals surface area (Å²) in [5.41, 5.74) is 1.88. The normalized spacial score (nSPS) is 14.2. The van der Waals surface area contributed by atoms with Gasteiger partial charge in [0.05, 0.1) is 12.1 Å². The molecule has 0 saturated carbocycles. The molecule has 7 heteroatoms. The zero-order chi connectivity index (χ0) is 21.9. The van der Waals surface area contributed by atoms with Gasteiger partial charge in [-0.15, -0.1) is 11.3 Å². The molecule has 2 aromatic carbocycles. The second kappa shape index (κ2) is 9.04. The maximum absolute atomic E-state index is 12.6. The Hall–Kier alpha value is -3.32. The van der Waals surface area contributed by atoms with Crippen LogP contribution in [0.2, 0.25) is 0 Å². The van der Waals surface area contributed by atoms with Gasteiger partial charge in [0.1, 0.15) is 5.75 Å². The fraction of sp³-hybridized carbons (Fsp3) is 0.280. The second-order valence-corrected chi connectivity index (χ2v) is 8.95. The number of hydrogen-bond donors (Lipinski definition) is 1. The number of H-pyrrole nitrogens is 1. The molecule has 3 heterocycles. The van der Waals surface area contributed by atoms with Gasteiger partial charge >= 0.3 is 0 Å². The topological polar surface area (TPSA) is 65.6 Å². The molecule has 5 rings (SSSR count). The molecular weight excluding hydrogens is 422 g/mol. The third-order valence-corrected chi connectivity index (χ3v) is 6.83. The molecule has 0 aliphatic carbocycles. The number of carbonyl (C=O) groups is 1. The first-order valence-corrected chi connectivity index (χ1v) is 11.8. The van der Waals surface area contributed by atoms with E-state index in [2.05, 4.69) is 39.5 Å². The summed E-state index contributed by atoms with van der Waals surface area (Å²) in [5, 5.41) is 4.39. The number of aromatic nitrogens is 1. The van der Waals surface area contributed by atoms with Crippen LogP contribution in [0.5, 0.6) is 5.75 Å². The Morgan fingerprint density at radius 1 is 1.03 bits per heavy atom. The zero-order valence-corrected chi connectivity index (χ0v) is 18.6. The Balaban J connectivity index is 1.09. The summed E-state index contributed by atoms with van der Waals surface area (Å²) in [5.74, 6) is 0.882. The predicted octanol–water partition coefficient (Wildman–Crippen LogP) is 4.25. The average Bonchev–Trinajstić information content (AvgIpc) is 3.31. The Labute approximate surface area is 190 Å². The largest absolute Gasteiger partial charge is 0.494 e. The molecule has 6 nitrogen and oxygen atoms in total. The highest BCUT2D eigenvalue weighted by atomic mass is 32.1. The van der Waals surface area contributed by atoms with E-state index in [1.54, 1.807) is 17.4 Å². The lowest BCUT2D eigenvalue weighted by atomic mass is 10.1. The Kier molecular flexibility index (Phi) is 5.81. The standard InChI is InChI=1S/C25H25N3O3S/c29-24-9-7-18-6-8-19(17-21(18)26-24)31-15-2-5-25(30)28-13-11-27(12-14-28)22-3-1-4-23-20(22)10-16-32-23/h1,3-4,6-10,16-17H,2,5,11-15H2,(H,26,29). The van der Waals surface area contributed by atoms with E-state index in [0.29, 0.717) is 25.2 Å². The van der Waals surface area contributed by atoms with Gasteiger partial charge in [-0.25, -0.2) is 0 Å². The van der Waals surface area contributed by atoms with Gasteiger partial charge in [0.25, 0.3) is 0 Å². The summed E-state index contributed by atoms with van der Waals surface area (Å²) in [6.07, 6.45) is 1.14. The van der Waals surface area contributed by atoms with Gasteiger partial charge in [-0.2, -0.15) is 0 Å². The molecule has 1 fully saturated rings. The van der Waals surface area contributed by atoms with Crippen molar-refractivity contribution in [2.75, 3.05) is 37.7 Å². The van der Waals surface area contributed by atoms with Crippen molar-refractivity contribution < 1.29 is 9.53 Å². The smallest absolute Gasteiger partial charge is 0.248 e. The summed E-state index contributed by atoms with van der Waals surface area (Å²) < 4.78 is 7.10. The molecular formula is C25H25N3O3S. The highest BCUT2D eigenvalue weighted by Crippen LogP contribution is 2.31. The summed E-state index contributed by atoms with van der Waals surface area (Å²) in [6.45, 7) is 3.67. The number of fused-ring (bicyclic) bond motifs is 2. The van der Waals surface area contributed by atoms with Crippen LogP contribution < -0.4 is 15.2 Å². The van der Waals surface area contributed by atoms with Crippen LogP contribution in [-0.2, 0) is 4.79 Å². The Morgan fingerprint density at radius 3 is 2.75 bits per heavy atom. The number of amides is 1. The van der Waals surface area contributed by atoms with Crippen molar-refractivity contribution in [2.24, 2.45) is 0 Å². The number of pyridine rings is 1. The molecule has 0 bridgehead atoms. The molecule has 164 valence electrons. The van der Waals surface area contributed by atoms with E-state index < -0.39 is 0 Å². The summed E-state index contributed by atoms with van der Waals surface area (Å²) in [7, 11) is 0. The van der Waals surface area contributed by atoms with Crippen LogP contribution in [0, 0.1) is 0 Å². The van der Waals surface area contributed by atoms with Crippen molar-refractivity contribution in [1.82, 2.24) is 9.88 Å². The van der Waals surface area contributed by atoms with Crippen molar-refractivity contribution in [1.29, 1.82) is 0 Å². The van der Waals surface area contributed by atoms with Crippen LogP contribution in [0.4, 0.5) is 5.69 Å². The SMILES string of the molecule is O=C(CCCOc1ccc2ccc(=O)[nH]c2c1)N1CCN(c2cccc3sccc23)CC1. The Bertz CT molecular complexity index is 1300. The first-order valence-electron chi connectivity index (χ1n) is 10.9. The molecule has 1 N–H and O–H groups in total.